The average molecular weight is 336 g/mol. The fraction of sp³-hybridized carbons (Fsp3) is 0.125. The Labute approximate surface area is 139 Å². The van der Waals surface area contributed by atoms with E-state index < -0.39 is 0 Å². The smallest absolute Gasteiger partial charge is 0.259 e. The van der Waals surface area contributed by atoms with Crippen LogP contribution in [0.15, 0.2) is 53.6 Å². The first kappa shape index (κ1) is 16.3. The summed E-state index contributed by atoms with van der Waals surface area (Å²) in [4.78, 5) is 11.8. The summed E-state index contributed by atoms with van der Waals surface area (Å²) in [7, 11) is 0. The van der Waals surface area contributed by atoms with E-state index in [0.717, 1.165) is 5.69 Å². The Kier molecular flexibility index (Phi) is 5.81. The fourth-order valence-corrected chi connectivity index (χ4v) is 2.19. The average Bonchev–Trinajstić information content (AvgIpc) is 2.54. The molecule has 1 amide bonds. The Bertz CT molecular complexity index is 687. The van der Waals surface area contributed by atoms with E-state index in [9.17, 15) is 4.79 Å². The lowest BCUT2D eigenvalue weighted by Gasteiger charge is -2.07. The zero-order valence-electron chi connectivity index (χ0n) is 11.9. The van der Waals surface area contributed by atoms with Crippen LogP contribution in [0.3, 0.4) is 0 Å². The summed E-state index contributed by atoms with van der Waals surface area (Å²) in [5.74, 6) is -0.249. The first-order chi connectivity index (χ1) is 10.6. The highest BCUT2D eigenvalue weighted by Crippen LogP contribution is 2.21. The maximum Gasteiger partial charge on any atom is 0.259 e. The summed E-state index contributed by atoms with van der Waals surface area (Å²) in [5.41, 5.74) is 4.62. The van der Waals surface area contributed by atoms with Crippen LogP contribution in [-0.4, -0.2) is 18.2 Å². The molecular weight excluding hydrogens is 321 g/mol. The van der Waals surface area contributed by atoms with Crippen molar-refractivity contribution in [1.29, 1.82) is 0 Å². The third-order valence-corrected chi connectivity index (χ3v) is 3.46. The van der Waals surface area contributed by atoms with Crippen LogP contribution in [0.2, 0.25) is 10.0 Å². The van der Waals surface area contributed by atoms with Crippen LogP contribution in [-0.2, 0) is 4.79 Å². The van der Waals surface area contributed by atoms with Crippen LogP contribution in [0.5, 0.6) is 0 Å². The van der Waals surface area contributed by atoms with E-state index >= 15 is 0 Å². The molecule has 0 aliphatic carbocycles. The molecule has 0 radical (unpaired) electrons. The fourth-order valence-electron chi connectivity index (χ4n) is 1.76. The van der Waals surface area contributed by atoms with Gasteiger partial charge in [0.25, 0.3) is 5.91 Å². The van der Waals surface area contributed by atoms with E-state index in [2.05, 4.69) is 15.8 Å². The van der Waals surface area contributed by atoms with Crippen molar-refractivity contribution in [1.82, 2.24) is 5.43 Å². The lowest BCUT2D eigenvalue weighted by atomic mass is 10.1. The number of carbonyl (C=O) groups is 1. The number of para-hydroxylation sites is 1. The summed E-state index contributed by atoms with van der Waals surface area (Å²) in [6.45, 7) is 1.88. The van der Waals surface area contributed by atoms with Gasteiger partial charge in [0.2, 0.25) is 0 Å². The number of hydrogen-bond donors (Lipinski definition) is 2. The predicted molar refractivity (Wildman–Crippen MR) is 91.7 cm³/mol. The second kappa shape index (κ2) is 7.82. The summed E-state index contributed by atoms with van der Waals surface area (Å²) < 4.78 is 0. The third kappa shape index (κ3) is 4.76. The van der Waals surface area contributed by atoms with Crippen LogP contribution < -0.4 is 10.7 Å². The number of rotatable bonds is 5. The molecule has 0 heterocycles. The van der Waals surface area contributed by atoms with Crippen LogP contribution in [0.4, 0.5) is 5.69 Å². The Morgan fingerprint density at radius 1 is 1.14 bits per heavy atom. The zero-order chi connectivity index (χ0) is 15.9. The van der Waals surface area contributed by atoms with Gasteiger partial charge in [-0.1, -0.05) is 41.4 Å². The monoisotopic (exact) mass is 335 g/mol. The summed E-state index contributed by atoms with van der Waals surface area (Å²) >= 11 is 12.0. The molecular formula is C16H15Cl2N3O. The number of nitrogens with zero attached hydrogens (tertiary/aromatic N) is 1. The van der Waals surface area contributed by atoms with Gasteiger partial charge in [-0.25, -0.2) is 5.43 Å². The molecule has 0 aliphatic rings. The summed E-state index contributed by atoms with van der Waals surface area (Å²) in [5, 5.41) is 8.13. The maximum absolute atomic E-state index is 11.8. The Morgan fingerprint density at radius 3 is 2.59 bits per heavy atom. The van der Waals surface area contributed by atoms with Crippen molar-refractivity contribution in [3.63, 3.8) is 0 Å². The molecule has 0 atom stereocenters. The number of benzene rings is 2. The molecule has 2 rings (SSSR count). The molecule has 0 saturated heterocycles. The van der Waals surface area contributed by atoms with E-state index in [4.69, 9.17) is 23.2 Å². The van der Waals surface area contributed by atoms with E-state index in [0.29, 0.717) is 21.3 Å². The third-order valence-electron chi connectivity index (χ3n) is 2.89. The molecule has 6 heteroatoms. The second-order valence-corrected chi connectivity index (χ2v) is 5.42. The minimum atomic E-state index is -0.249. The lowest BCUT2D eigenvalue weighted by molar-refractivity contribution is -0.119. The number of halogens is 2. The molecule has 2 N–H and O–H groups in total. The van der Waals surface area contributed by atoms with Gasteiger partial charge in [-0.05, 0) is 37.3 Å². The number of hydrazone groups is 1. The quantitative estimate of drug-likeness (QED) is 0.642. The van der Waals surface area contributed by atoms with Gasteiger partial charge >= 0.3 is 0 Å². The molecule has 0 aliphatic heterocycles. The van der Waals surface area contributed by atoms with E-state index in [1.165, 1.54) is 0 Å². The van der Waals surface area contributed by atoms with E-state index in [1.54, 1.807) is 25.1 Å². The second-order valence-electron chi connectivity index (χ2n) is 4.58. The van der Waals surface area contributed by atoms with Gasteiger partial charge in [-0.15, -0.1) is 0 Å². The zero-order valence-corrected chi connectivity index (χ0v) is 13.4. The summed E-state index contributed by atoms with van der Waals surface area (Å²) in [6.07, 6.45) is 0. The number of amides is 1. The minimum absolute atomic E-state index is 0.129. The largest absolute Gasteiger partial charge is 0.376 e. The van der Waals surface area contributed by atoms with Crippen molar-refractivity contribution in [2.45, 2.75) is 6.92 Å². The van der Waals surface area contributed by atoms with E-state index in [1.807, 2.05) is 30.3 Å². The van der Waals surface area contributed by atoms with Crippen molar-refractivity contribution in [2.75, 3.05) is 11.9 Å². The maximum atomic E-state index is 11.8. The molecule has 22 heavy (non-hydrogen) atoms. The number of carbonyl (C=O) groups excluding carboxylic acids is 1. The highest BCUT2D eigenvalue weighted by molar-refractivity contribution is 6.36. The number of anilines is 1. The first-order valence-corrected chi connectivity index (χ1v) is 7.39. The van der Waals surface area contributed by atoms with Crippen molar-refractivity contribution in [2.24, 2.45) is 5.10 Å². The Hall–Kier alpha value is -2.04. The van der Waals surface area contributed by atoms with Gasteiger partial charge < -0.3 is 5.32 Å². The van der Waals surface area contributed by atoms with Crippen LogP contribution in [0, 0.1) is 0 Å². The highest BCUT2D eigenvalue weighted by Gasteiger charge is 2.06. The van der Waals surface area contributed by atoms with Crippen molar-refractivity contribution in [3.8, 4) is 0 Å². The summed E-state index contributed by atoms with van der Waals surface area (Å²) in [6, 6.07) is 14.6. The molecule has 2 aromatic rings. The predicted octanol–water partition coefficient (Wildman–Crippen LogP) is 3.95. The van der Waals surface area contributed by atoms with Gasteiger partial charge in [0, 0.05) is 21.3 Å². The van der Waals surface area contributed by atoms with Crippen molar-refractivity contribution < 1.29 is 4.79 Å². The minimum Gasteiger partial charge on any atom is -0.376 e. The molecule has 0 unspecified atom stereocenters. The SMILES string of the molecule is C/C(=N\NC(=O)CNc1ccccc1)c1cc(Cl)ccc1Cl. The van der Waals surface area contributed by atoms with Gasteiger partial charge in [-0.2, -0.15) is 5.10 Å². The molecule has 2 aromatic carbocycles. The topological polar surface area (TPSA) is 53.5 Å². The number of hydrogen-bond acceptors (Lipinski definition) is 3. The molecule has 0 bridgehead atoms. The molecule has 0 fully saturated rings. The van der Waals surface area contributed by atoms with Crippen LogP contribution in [0.1, 0.15) is 12.5 Å². The highest BCUT2D eigenvalue weighted by atomic mass is 35.5. The molecule has 4 nitrogen and oxygen atoms in total. The van der Waals surface area contributed by atoms with Gasteiger partial charge in [0.15, 0.2) is 0 Å². The standard InChI is InChI=1S/C16H15Cl2N3O/c1-11(14-9-12(17)7-8-15(14)18)20-21-16(22)10-19-13-5-3-2-4-6-13/h2-9,19H,10H2,1H3,(H,21,22)/b20-11+. The molecule has 0 saturated carbocycles. The Morgan fingerprint density at radius 2 is 1.86 bits per heavy atom. The van der Waals surface area contributed by atoms with Crippen LogP contribution >= 0.6 is 23.2 Å². The number of nitrogens with one attached hydrogen (secondary N) is 2. The lowest BCUT2D eigenvalue weighted by Crippen LogP contribution is -2.26. The Balaban J connectivity index is 1.93. The van der Waals surface area contributed by atoms with E-state index in [-0.39, 0.29) is 12.5 Å². The van der Waals surface area contributed by atoms with Crippen molar-refractivity contribution in [3.05, 3.63) is 64.1 Å². The van der Waals surface area contributed by atoms with Gasteiger partial charge in [0.05, 0.1) is 12.3 Å². The normalized spacial score (nSPS) is 11.1. The van der Waals surface area contributed by atoms with Crippen LogP contribution in [0.25, 0.3) is 0 Å². The first-order valence-electron chi connectivity index (χ1n) is 6.64. The van der Waals surface area contributed by atoms with Gasteiger partial charge in [-0.3, -0.25) is 4.79 Å². The van der Waals surface area contributed by atoms with Gasteiger partial charge in [0.1, 0.15) is 0 Å². The van der Waals surface area contributed by atoms with Crippen molar-refractivity contribution >= 4 is 40.5 Å². The molecule has 0 aromatic heterocycles. The molecule has 114 valence electrons. The molecule has 0 spiro atoms.